The number of hydrazone groups is 1. The Bertz CT molecular complexity index is 928. The summed E-state index contributed by atoms with van der Waals surface area (Å²) in [6.45, 7) is 0. The number of aromatic hydroxyl groups is 1. The van der Waals surface area contributed by atoms with Crippen LogP contribution in [0.3, 0.4) is 0 Å². The van der Waals surface area contributed by atoms with E-state index in [1.54, 1.807) is 18.3 Å². The van der Waals surface area contributed by atoms with E-state index in [1.165, 1.54) is 19.4 Å². The van der Waals surface area contributed by atoms with Crippen molar-refractivity contribution in [3.63, 3.8) is 0 Å². The smallest absolute Gasteiger partial charge is 0.273 e. The molecule has 2 aromatic carbocycles. The Hall–Kier alpha value is -3.28. The SMILES string of the molecule is COc1cc(/C=N\NC(=O)c2cn(C)c3ccccc23)ccc1O. The average molecular weight is 323 g/mol. The van der Waals surface area contributed by atoms with E-state index in [0.29, 0.717) is 16.9 Å². The normalized spacial score (nSPS) is 11.1. The van der Waals surface area contributed by atoms with Gasteiger partial charge in [-0.2, -0.15) is 5.10 Å². The van der Waals surface area contributed by atoms with Gasteiger partial charge in [0.2, 0.25) is 0 Å². The fourth-order valence-corrected chi connectivity index (χ4v) is 2.52. The molecule has 1 aromatic heterocycles. The van der Waals surface area contributed by atoms with Crippen molar-refractivity contribution in [3.8, 4) is 11.5 Å². The number of nitrogens with zero attached hydrogens (tertiary/aromatic N) is 2. The summed E-state index contributed by atoms with van der Waals surface area (Å²) >= 11 is 0. The highest BCUT2D eigenvalue weighted by atomic mass is 16.5. The number of ether oxygens (including phenoxy) is 1. The minimum atomic E-state index is -0.284. The summed E-state index contributed by atoms with van der Waals surface area (Å²) in [4.78, 5) is 12.3. The van der Waals surface area contributed by atoms with Crippen LogP contribution in [-0.4, -0.2) is 28.9 Å². The molecule has 3 rings (SSSR count). The van der Waals surface area contributed by atoms with Gasteiger partial charge >= 0.3 is 0 Å². The molecule has 0 unspecified atom stereocenters. The largest absolute Gasteiger partial charge is 0.504 e. The number of phenols is 1. The van der Waals surface area contributed by atoms with Crippen LogP contribution in [0.15, 0.2) is 53.8 Å². The van der Waals surface area contributed by atoms with Gasteiger partial charge in [0.25, 0.3) is 5.91 Å². The van der Waals surface area contributed by atoms with E-state index in [4.69, 9.17) is 4.74 Å². The van der Waals surface area contributed by atoms with Crippen LogP contribution in [0.1, 0.15) is 15.9 Å². The molecule has 0 spiro atoms. The lowest BCUT2D eigenvalue weighted by atomic mass is 10.2. The lowest BCUT2D eigenvalue weighted by molar-refractivity contribution is 0.0956. The molecule has 1 amide bonds. The number of phenolic OH excluding ortho intramolecular Hbond substituents is 1. The Morgan fingerprint density at radius 2 is 2.08 bits per heavy atom. The van der Waals surface area contributed by atoms with Gasteiger partial charge in [-0.1, -0.05) is 18.2 Å². The molecule has 6 nitrogen and oxygen atoms in total. The molecule has 1 heterocycles. The number of para-hydroxylation sites is 1. The van der Waals surface area contributed by atoms with Gasteiger partial charge < -0.3 is 14.4 Å². The average Bonchev–Trinajstić information content (AvgIpc) is 2.94. The summed E-state index contributed by atoms with van der Waals surface area (Å²) in [6, 6.07) is 12.5. The predicted octanol–water partition coefficient (Wildman–Crippen LogP) is 2.66. The van der Waals surface area contributed by atoms with Gasteiger partial charge in [-0.15, -0.1) is 0 Å². The number of rotatable bonds is 4. The zero-order valence-electron chi connectivity index (χ0n) is 13.4. The van der Waals surface area contributed by atoms with Crippen LogP contribution in [0.4, 0.5) is 0 Å². The quantitative estimate of drug-likeness (QED) is 0.572. The molecule has 0 radical (unpaired) electrons. The molecular formula is C18H17N3O3. The maximum atomic E-state index is 12.3. The van der Waals surface area contributed by atoms with E-state index in [2.05, 4.69) is 10.5 Å². The Labute approximate surface area is 139 Å². The van der Waals surface area contributed by atoms with E-state index >= 15 is 0 Å². The number of carbonyl (C=O) groups excluding carboxylic acids is 1. The minimum absolute atomic E-state index is 0.0504. The Kier molecular flexibility index (Phi) is 4.20. The maximum absolute atomic E-state index is 12.3. The lowest BCUT2D eigenvalue weighted by Gasteiger charge is -2.03. The van der Waals surface area contributed by atoms with Gasteiger partial charge in [0.05, 0.1) is 18.9 Å². The first-order valence-electron chi connectivity index (χ1n) is 7.34. The number of carbonyl (C=O) groups is 1. The summed E-state index contributed by atoms with van der Waals surface area (Å²) in [7, 11) is 3.36. The molecule has 24 heavy (non-hydrogen) atoms. The monoisotopic (exact) mass is 323 g/mol. The fourth-order valence-electron chi connectivity index (χ4n) is 2.52. The minimum Gasteiger partial charge on any atom is -0.504 e. The van der Waals surface area contributed by atoms with Gasteiger partial charge in [0, 0.05) is 24.1 Å². The lowest BCUT2D eigenvalue weighted by Crippen LogP contribution is -2.17. The molecule has 3 aromatic rings. The molecule has 0 atom stereocenters. The number of benzene rings is 2. The van der Waals surface area contributed by atoms with Crippen molar-refractivity contribution in [3.05, 3.63) is 59.8 Å². The maximum Gasteiger partial charge on any atom is 0.273 e. The number of hydrogen-bond donors (Lipinski definition) is 2. The first-order valence-corrected chi connectivity index (χ1v) is 7.34. The second-order valence-electron chi connectivity index (χ2n) is 5.30. The third kappa shape index (κ3) is 2.94. The van der Waals surface area contributed by atoms with Crippen LogP contribution in [0.25, 0.3) is 10.9 Å². The Morgan fingerprint density at radius 1 is 1.29 bits per heavy atom. The van der Waals surface area contributed by atoms with E-state index < -0.39 is 0 Å². The van der Waals surface area contributed by atoms with Gasteiger partial charge in [-0.3, -0.25) is 4.79 Å². The summed E-state index contributed by atoms with van der Waals surface area (Å²) < 4.78 is 6.93. The number of nitrogens with one attached hydrogen (secondary N) is 1. The molecule has 2 N–H and O–H groups in total. The number of hydrogen-bond acceptors (Lipinski definition) is 4. The molecule has 122 valence electrons. The fraction of sp³-hybridized carbons (Fsp3) is 0.111. The highest BCUT2D eigenvalue weighted by Crippen LogP contribution is 2.25. The zero-order valence-corrected chi connectivity index (χ0v) is 13.4. The van der Waals surface area contributed by atoms with Crippen molar-refractivity contribution in [2.75, 3.05) is 7.11 Å². The second-order valence-corrected chi connectivity index (χ2v) is 5.30. The van der Waals surface area contributed by atoms with Gasteiger partial charge in [-0.05, 0) is 29.8 Å². The summed E-state index contributed by atoms with van der Waals surface area (Å²) in [5, 5.41) is 14.4. The van der Waals surface area contributed by atoms with Crippen LogP contribution in [0.5, 0.6) is 11.5 Å². The number of aryl methyl sites for hydroxylation is 1. The third-order valence-electron chi connectivity index (χ3n) is 3.73. The van der Waals surface area contributed by atoms with Crippen molar-refractivity contribution in [2.24, 2.45) is 12.1 Å². The number of fused-ring (bicyclic) bond motifs is 1. The molecule has 0 aliphatic carbocycles. The van der Waals surface area contributed by atoms with Crippen LogP contribution in [0.2, 0.25) is 0 Å². The Morgan fingerprint density at radius 3 is 2.88 bits per heavy atom. The standard InChI is InChI=1S/C18H17N3O3/c1-21-11-14(13-5-3-4-6-15(13)21)18(23)20-19-10-12-7-8-16(22)17(9-12)24-2/h3-11,22H,1-2H3,(H,20,23)/b19-10-. The number of methoxy groups -OCH3 is 1. The van der Waals surface area contributed by atoms with Crippen LogP contribution in [-0.2, 0) is 7.05 Å². The van der Waals surface area contributed by atoms with E-state index in [0.717, 1.165) is 10.9 Å². The van der Waals surface area contributed by atoms with E-state index in [9.17, 15) is 9.90 Å². The molecule has 0 aliphatic heterocycles. The molecule has 0 bridgehead atoms. The molecule has 0 saturated carbocycles. The summed E-state index contributed by atoms with van der Waals surface area (Å²) in [5.74, 6) is 0.113. The van der Waals surface area contributed by atoms with Gasteiger partial charge in [-0.25, -0.2) is 5.43 Å². The van der Waals surface area contributed by atoms with Crippen molar-refractivity contribution in [1.82, 2.24) is 9.99 Å². The van der Waals surface area contributed by atoms with Crippen molar-refractivity contribution in [2.45, 2.75) is 0 Å². The Balaban J connectivity index is 1.77. The van der Waals surface area contributed by atoms with Crippen LogP contribution >= 0.6 is 0 Å². The second kappa shape index (κ2) is 6.45. The highest BCUT2D eigenvalue weighted by Gasteiger charge is 2.12. The van der Waals surface area contributed by atoms with Crippen LogP contribution < -0.4 is 10.2 Å². The van der Waals surface area contributed by atoms with Gasteiger partial charge in [0.1, 0.15) is 0 Å². The zero-order chi connectivity index (χ0) is 17.1. The molecule has 6 heteroatoms. The summed E-state index contributed by atoms with van der Waals surface area (Å²) in [5.41, 5.74) is 4.76. The summed E-state index contributed by atoms with van der Waals surface area (Å²) in [6.07, 6.45) is 3.27. The number of aromatic nitrogens is 1. The van der Waals surface area contributed by atoms with E-state index in [1.807, 2.05) is 35.9 Å². The first-order chi connectivity index (χ1) is 11.6. The van der Waals surface area contributed by atoms with Crippen molar-refractivity contribution in [1.29, 1.82) is 0 Å². The molecule has 0 saturated heterocycles. The first kappa shape index (κ1) is 15.6. The third-order valence-corrected chi connectivity index (χ3v) is 3.73. The highest BCUT2D eigenvalue weighted by molar-refractivity contribution is 6.07. The number of amides is 1. The van der Waals surface area contributed by atoms with Gasteiger partial charge in [0.15, 0.2) is 11.5 Å². The van der Waals surface area contributed by atoms with Crippen molar-refractivity contribution < 1.29 is 14.6 Å². The topological polar surface area (TPSA) is 75.8 Å². The molecule has 0 fully saturated rings. The predicted molar refractivity (Wildman–Crippen MR) is 92.6 cm³/mol. The van der Waals surface area contributed by atoms with E-state index in [-0.39, 0.29) is 11.7 Å². The van der Waals surface area contributed by atoms with Crippen LogP contribution in [0, 0.1) is 0 Å². The molecule has 0 aliphatic rings. The molecular weight excluding hydrogens is 306 g/mol. The van der Waals surface area contributed by atoms with Crippen molar-refractivity contribution >= 4 is 23.0 Å².